The van der Waals surface area contributed by atoms with Crippen molar-refractivity contribution in [3.63, 3.8) is 0 Å². The molecule has 3 aliphatic rings. The summed E-state index contributed by atoms with van der Waals surface area (Å²) >= 11 is 0. The number of nitrogens with zero attached hydrogens (tertiary/aromatic N) is 6. The Morgan fingerprint density at radius 1 is 0.922 bits per heavy atom. The van der Waals surface area contributed by atoms with Gasteiger partial charge in [-0.3, -0.25) is 52.1 Å². The van der Waals surface area contributed by atoms with E-state index in [0.29, 0.717) is 0 Å². The molecule has 0 bridgehead atoms. The van der Waals surface area contributed by atoms with Gasteiger partial charge in [-0.25, -0.2) is 19.1 Å². The number of hydrogen-bond donors (Lipinski definition) is 9. The van der Waals surface area contributed by atoms with Crippen molar-refractivity contribution in [1.82, 2.24) is 44.4 Å². The summed E-state index contributed by atoms with van der Waals surface area (Å²) in [6.07, 6.45) is -7.27. The fraction of sp³-hybridized carbons (Fsp3) is 0.500. The van der Waals surface area contributed by atoms with Crippen molar-refractivity contribution in [3.05, 3.63) is 46.0 Å². The highest BCUT2D eigenvalue weighted by atomic mass is 31.2. The number of fused-ring (bicyclic) bond motifs is 4. The van der Waals surface area contributed by atoms with Gasteiger partial charge in [0.05, 0.1) is 38.5 Å². The lowest BCUT2D eigenvalue weighted by Gasteiger charge is -2.30. The van der Waals surface area contributed by atoms with Gasteiger partial charge in [-0.05, 0) is 0 Å². The summed E-state index contributed by atoms with van der Waals surface area (Å²) in [6, 6.07) is -2.09. The molecule has 7 rings (SSSR count). The lowest BCUT2D eigenvalue weighted by atomic mass is 10.1. The standard InChI is InChI=1S/C24H31N11O14P2/c1-2-8(3-36)29-11-15-9(46-21(11)34-6-27-12-17(34)30-23(25)32-19(12)38)4-44-51(42,43)49-16-10(5-45-50(40,41)48-15)47-22(14(16)37)35-7-28-13-18(35)31-24(26)33-20(13)39/h2,6-11,14-16,21-22,29,36-37H,1,3-5H2,(H,40,41)(H,42,43)(H3,25,30,32,38)(H3,26,31,33,39)/t8?,9-,10-,11?,14?,15?,16?,21-,22-/m1/s1. The highest BCUT2D eigenvalue weighted by Crippen LogP contribution is 2.53. The molecule has 4 aromatic rings. The number of hydrogen-bond acceptors (Lipinski definition) is 19. The zero-order valence-electron chi connectivity index (χ0n) is 25.9. The van der Waals surface area contributed by atoms with E-state index in [4.69, 9.17) is 39.0 Å². The minimum Gasteiger partial charge on any atom is -0.394 e. The molecule has 25 nitrogen and oxygen atoms in total. The summed E-state index contributed by atoms with van der Waals surface area (Å²) in [4.78, 5) is 67.3. The molecule has 11 N–H and O–H groups in total. The molecule has 0 saturated carbocycles. The van der Waals surface area contributed by atoms with Crippen LogP contribution < -0.4 is 27.9 Å². The second kappa shape index (κ2) is 13.2. The van der Waals surface area contributed by atoms with Crippen molar-refractivity contribution in [3.8, 4) is 0 Å². The summed E-state index contributed by atoms with van der Waals surface area (Å²) in [5, 5.41) is 24.2. The third kappa shape index (κ3) is 6.64. The summed E-state index contributed by atoms with van der Waals surface area (Å²) in [5.41, 5.74) is 9.55. The number of aliphatic hydroxyl groups is 2. The lowest BCUT2D eigenvalue weighted by molar-refractivity contribution is -0.0663. The van der Waals surface area contributed by atoms with Gasteiger partial charge in [0, 0.05) is 6.04 Å². The maximum absolute atomic E-state index is 13.5. The molecule has 0 aliphatic carbocycles. The van der Waals surface area contributed by atoms with E-state index >= 15 is 0 Å². The zero-order chi connectivity index (χ0) is 36.4. The number of ether oxygens (including phenoxy) is 2. The average molecular weight is 760 g/mol. The number of imidazole rings is 2. The molecule has 0 amide bonds. The Balaban J connectivity index is 1.22. The first kappa shape index (κ1) is 35.5. The number of phosphoric acid groups is 2. The zero-order valence-corrected chi connectivity index (χ0v) is 27.6. The van der Waals surface area contributed by atoms with Gasteiger partial charge in [0.25, 0.3) is 11.1 Å². The Bertz CT molecular complexity index is 2190. The van der Waals surface area contributed by atoms with Gasteiger partial charge < -0.3 is 40.9 Å². The summed E-state index contributed by atoms with van der Waals surface area (Å²) in [6.45, 7) is 1.46. The molecule has 0 spiro atoms. The molecule has 51 heavy (non-hydrogen) atoms. The topological polar surface area (TPSA) is 362 Å². The fourth-order valence-corrected chi connectivity index (χ4v) is 7.97. The number of nitrogens with one attached hydrogen (secondary N) is 3. The van der Waals surface area contributed by atoms with E-state index in [0.717, 1.165) is 10.9 Å². The molecule has 0 radical (unpaired) electrons. The van der Waals surface area contributed by atoms with Gasteiger partial charge >= 0.3 is 15.6 Å². The molecule has 276 valence electrons. The first-order chi connectivity index (χ1) is 24.2. The summed E-state index contributed by atoms with van der Waals surface area (Å²) in [5.74, 6) is -0.544. The van der Waals surface area contributed by atoms with Crippen LogP contribution in [0.5, 0.6) is 0 Å². The van der Waals surface area contributed by atoms with Gasteiger partial charge in [0.1, 0.15) is 30.5 Å². The monoisotopic (exact) mass is 759 g/mol. The second-order valence-corrected chi connectivity index (χ2v) is 14.4. The maximum Gasteiger partial charge on any atom is 0.472 e. The van der Waals surface area contributed by atoms with Gasteiger partial charge in [-0.1, -0.05) is 6.08 Å². The normalized spacial score (nSPS) is 35.2. The van der Waals surface area contributed by atoms with E-state index in [1.807, 2.05) is 0 Å². The molecule has 3 aliphatic heterocycles. The number of aliphatic hydroxyl groups excluding tert-OH is 2. The minimum atomic E-state index is -5.13. The Kier molecular flexibility index (Phi) is 9.20. The molecule has 27 heteroatoms. The highest BCUT2D eigenvalue weighted by Gasteiger charge is 2.54. The van der Waals surface area contributed by atoms with Crippen LogP contribution in [0.2, 0.25) is 0 Å². The van der Waals surface area contributed by atoms with Crippen LogP contribution in [0.4, 0.5) is 11.9 Å². The van der Waals surface area contributed by atoms with E-state index in [9.17, 15) is 38.7 Å². The predicted octanol–water partition coefficient (Wildman–Crippen LogP) is -2.90. The van der Waals surface area contributed by atoms with Crippen molar-refractivity contribution >= 4 is 49.9 Å². The van der Waals surface area contributed by atoms with Crippen LogP contribution in [0.1, 0.15) is 12.5 Å². The number of H-pyrrole nitrogens is 2. The third-order valence-corrected chi connectivity index (χ3v) is 10.3. The van der Waals surface area contributed by atoms with E-state index in [2.05, 4.69) is 41.8 Å². The van der Waals surface area contributed by atoms with Crippen LogP contribution in [0.15, 0.2) is 34.9 Å². The largest absolute Gasteiger partial charge is 0.472 e. The van der Waals surface area contributed by atoms with Gasteiger partial charge in [0.15, 0.2) is 34.8 Å². The number of nitrogen functional groups attached to an aromatic ring is 2. The average Bonchev–Trinajstić information content (AvgIpc) is 3.82. The fourth-order valence-electron chi connectivity index (χ4n) is 6.04. The Labute approximate surface area is 283 Å². The van der Waals surface area contributed by atoms with E-state index < -0.39 is 102 Å². The number of rotatable bonds is 6. The van der Waals surface area contributed by atoms with E-state index in [1.165, 1.54) is 17.0 Å². The summed E-state index contributed by atoms with van der Waals surface area (Å²) in [7, 11) is -10.3. The smallest absolute Gasteiger partial charge is 0.394 e. The van der Waals surface area contributed by atoms with Crippen LogP contribution in [0, 0.1) is 0 Å². The van der Waals surface area contributed by atoms with Crippen LogP contribution in [-0.4, -0.2) is 121 Å². The lowest BCUT2D eigenvalue weighted by Crippen LogP contribution is -2.50. The molecule has 7 unspecified atom stereocenters. The van der Waals surface area contributed by atoms with Crippen LogP contribution in [-0.2, 0) is 36.7 Å². The molecule has 7 heterocycles. The molecule has 3 fully saturated rings. The van der Waals surface area contributed by atoms with Gasteiger partial charge in [0.2, 0.25) is 11.9 Å². The van der Waals surface area contributed by atoms with Crippen molar-refractivity contribution in [1.29, 1.82) is 0 Å². The number of anilines is 2. The van der Waals surface area contributed by atoms with Gasteiger partial charge in [-0.15, -0.1) is 6.58 Å². The van der Waals surface area contributed by atoms with Crippen molar-refractivity contribution in [2.24, 2.45) is 0 Å². The second-order valence-electron chi connectivity index (χ2n) is 11.6. The Morgan fingerprint density at radius 3 is 1.94 bits per heavy atom. The first-order valence-electron chi connectivity index (χ1n) is 14.9. The first-order valence-corrected chi connectivity index (χ1v) is 17.9. The van der Waals surface area contributed by atoms with Crippen LogP contribution >= 0.6 is 15.6 Å². The molecular formula is C24H31N11O14P2. The molecule has 4 aromatic heterocycles. The maximum atomic E-state index is 13.5. The van der Waals surface area contributed by atoms with Crippen LogP contribution in [0.25, 0.3) is 22.3 Å². The van der Waals surface area contributed by atoms with Crippen LogP contribution in [0.3, 0.4) is 0 Å². The number of nitrogens with two attached hydrogens (primary N) is 2. The number of phosphoric ester groups is 2. The third-order valence-electron chi connectivity index (χ3n) is 8.30. The molecule has 11 atom stereocenters. The minimum absolute atomic E-state index is 0.0632. The number of aromatic amines is 2. The van der Waals surface area contributed by atoms with Crippen molar-refractivity contribution < 1.29 is 56.7 Å². The predicted molar refractivity (Wildman–Crippen MR) is 168 cm³/mol. The van der Waals surface area contributed by atoms with Crippen molar-refractivity contribution in [2.45, 2.75) is 55.1 Å². The summed E-state index contributed by atoms with van der Waals surface area (Å²) < 4.78 is 62.7. The molecule has 0 aromatic carbocycles. The van der Waals surface area contributed by atoms with Gasteiger partial charge in [-0.2, -0.15) is 9.97 Å². The van der Waals surface area contributed by atoms with Crippen molar-refractivity contribution in [2.75, 3.05) is 31.3 Å². The van der Waals surface area contributed by atoms with E-state index in [1.54, 1.807) is 0 Å². The van der Waals surface area contributed by atoms with E-state index in [-0.39, 0.29) is 34.2 Å². The SMILES string of the molecule is C=CC(CO)NC1C2OP(=O)(O)OC[C@H]3O[C@@H](n4cnc5c(=O)[nH]c(N)nc54)C(O)C3OP(=O)(O)OC[C@H]2O[C@H]1n1cnc2c(=O)[nH]c(N)nc21. The number of aromatic nitrogens is 8. The molecular weight excluding hydrogens is 728 g/mol. The molecule has 3 saturated heterocycles. The Hall–Kier alpha value is -3.94. The quantitative estimate of drug-likeness (QED) is 0.0703. The Morgan fingerprint density at radius 2 is 1.41 bits per heavy atom. The highest BCUT2D eigenvalue weighted by molar-refractivity contribution is 7.47.